The molecular formula is C15H23NO3. The highest BCUT2D eigenvalue weighted by atomic mass is 16.4. The van der Waals surface area contributed by atoms with Crippen LogP contribution in [0.15, 0.2) is 12.1 Å². The minimum Gasteiger partial charge on any atom is -0.507 e. The van der Waals surface area contributed by atoms with Gasteiger partial charge in [-0.15, -0.1) is 0 Å². The Balaban J connectivity index is 3.22. The Labute approximate surface area is 114 Å². The first-order valence-electron chi connectivity index (χ1n) is 6.33. The Bertz CT molecular complexity index is 479. The van der Waals surface area contributed by atoms with Gasteiger partial charge in [-0.3, -0.25) is 4.79 Å². The van der Waals surface area contributed by atoms with Crippen LogP contribution < -0.4 is 0 Å². The lowest BCUT2D eigenvalue weighted by Crippen LogP contribution is -2.22. The topological polar surface area (TPSA) is 60.8 Å². The van der Waals surface area contributed by atoms with Crippen LogP contribution in [0.25, 0.3) is 0 Å². The van der Waals surface area contributed by atoms with Gasteiger partial charge in [0.25, 0.3) is 0 Å². The largest absolute Gasteiger partial charge is 0.507 e. The number of carbonyl (C=O) groups is 1. The van der Waals surface area contributed by atoms with Crippen LogP contribution in [-0.4, -0.2) is 35.2 Å². The number of phenols is 1. The van der Waals surface area contributed by atoms with Crippen LogP contribution >= 0.6 is 0 Å². The molecule has 0 aliphatic rings. The first-order chi connectivity index (χ1) is 8.63. The molecule has 1 aromatic rings. The summed E-state index contributed by atoms with van der Waals surface area (Å²) < 4.78 is 0. The summed E-state index contributed by atoms with van der Waals surface area (Å²) in [5.41, 5.74) is 2.11. The van der Waals surface area contributed by atoms with Crippen molar-refractivity contribution in [3.63, 3.8) is 0 Å². The van der Waals surface area contributed by atoms with Gasteiger partial charge < -0.3 is 15.1 Å². The molecular weight excluding hydrogens is 242 g/mol. The zero-order valence-corrected chi connectivity index (χ0v) is 12.3. The van der Waals surface area contributed by atoms with Crippen molar-refractivity contribution in [3.8, 4) is 5.75 Å². The van der Waals surface area contributed by atoms with Crippen LogP contribution in [0, 0.1) is 6.92 Å². The zero-order valence-electron chi connectivity index (χ0n) is 12.3. The maximum atomic E-state index is 10.9. The van der Waals surface area contributed by atoms with E-state index >= 15 is 0 Å². The molecule has 0 amide bonds. The molecule has 0 saturated carbocycles. The van der Waals surface area contributed by atoms with Gasteiger partial charge in [-0.05, 0) is 32.1 Å². The summed E-state index contributed by atoms with van der Waals surface area (Å²) in [5.74, 6) is -0.520. The predicted octanol–water partition coefficient (Wildman–Crippen LogP) is 2.51. The molecule has 0 bridgehead atoms. The Morgan fingerprint density at radius 2 is 1.89 bits per heavy atom. The molecule has 1 rings (SSSR count). The molecule has 0 unspecified atom stereocenters. The fourth-order valence-electron chi connectivity index (χ4n) is 2.18. The van der Waals surface area contributed by atoms with Crippen molar-refractivity contribution >= 4 is 5.97 Å². The number of aryl methyl sites for hydroxylation is 1. The third kappa shape index (κ3) is 3.96. The minimum absolute atomic E-state index is 0.0681. The Morgan fingerprint density at radius 3 is 2.37 bits per heavy atom. The number of carboxylic acids is 1. The van der Waals surface area contributed by atoms with Gasteiger partial charge in [-0.2, -0.15) is 0 Å². The van der Waals surface area contributed by atoms with Gasteiger partial charge in [-0.25, -0.2) is 0 Å². The predicted molar refractivity (Wildman–Crippen MR) is 75.5 cm³/mol. The molecule has 0 fully saturated rings. The fourth-order valence-corrected chi connectivity index (χ4v) is 2.18. The zero-order chi connectivity index (χ0) is 14.8. The number of hydrogen-bond donors (Lipinski definition) is 2. The lowest BCUT2D eigenvalue weighted by Gasteiger charge is -2.25. The van der Waals surface area contributed by atoms with E-state index in [0.29, 0.717) is 12.3 Å². The van der Waals surface area contributed by atoms with Crippen molar-refractivity contribution < 1.29 is 15.0 Å². The van der Waals surface area contributed by atoms with E-state index in [2.05, 4.69) is 0 Å². The number of benzene rings is 1. The Hall–Kier alpha value is -1.55. The normalized spacial score (nSPS) is 11.9. The number of carboxylic acid groups (broad SMARTS) is 1. The van der Waals surface area contributed by atoms with Gasteiger partial charge in [0, 0.05) is 17.5 Å². The quantitative estimate of drug-likeness (QED) is 0.858. The van der Waals surface area contributed by atoms with Gasteiger partial charge in [0.1, 0.15) is 5.75 Å². The summed E-state index contributed by atoms with van der Waals surface area (Å²) >= 11 is 0. The summed E-state index contributed by atoms with van der Waals surface area (Å²) in [6, 6.07) is 3.78. The van der Waals surface area contributed by atoms with Gasteiger partial charge in [0.15, 0.2) is 0 Å². The number of aromatic hydroxyl groups is 1. The first kappa shape index (κ1) is 15.5. The second-order valence-corrected chi connectivity index (χ2v) is 5.99. The molecule has 2 N–H and O–H groups in total. The van der Waals surface area contributed by atoms with Gasteiger partial charge in [0.05, 0.1) is 6.42 Å². The fraction of sp³-hybridized carbons (Fsp3) is 0.533. The summed E-state index contributed by atoms with van der Waals surface area (Å²) in [5, 5.41) is 19.1. The maximum Gasteiger partial charge on any atom is 0.304 e. The molecule has 0 radical (unpaired) electrons. The molecule has 4 nitrogen and oxygen atoms in total. The van der Waals surface area contributed by atoms with Crippen molar-refractivity contribution in [1.82, 2.24) is 4.90 Å². The van der Waals surface area contributed by atoms with E-state index in [1.54, 1.807) is 0 Å². The SMILES string of the molecule is Cc1cc(C(C)(C)CC(=O)O)cc(CN(C)C)c1O. The average molecular weight is 265 g/mol. The molecule has 0 aromatic heterocycles. The second kappa shape index (κ2) is 5.61. The third-order valence-corrected chi connectivity index (χ3v) is 3.24. The number of phenolic OH excluding ortho intramolecular Hbond substituents is 1. The highest BCUT2D eigenvalue weighted by molar-refractivity contribution is 5.69. The summed E-state index contributed by atoms with van der Waals surface area (Å²) in [6.45, 7) is 6.29. The molecule has 4 heteroatoms. The highest BCUT2D eigenvalue weighted by Gasteiger charge is 2.25. The standard InChI is InChI=1S/C15H23NO3/c1-10-6-12(15(2,3)8-13(17)18)7-11(14(10)19)9-16(4)5/h6-7,19H,8-9H2,1-5H3,(H,17,18). The van der Waals surface area contributed by atoms with Crippen molar-refractivity contribution in [2.24, 2.45) is 0 Å². The molecule has 0 spiro atoms. The van der Waals surface area contributed by atoms with Gasteiger partial charge in [0.2, 0.25) is 0 Å². The lowest BCUT2D eigenvalue weighted by molar-refractivity contribution is -0.138. The van der Waals surface area contributed by atoms with Crippen LogP contribution in [0.2, 0.25) is 0 Å². The van der Waals surface area contributed by atoms with E-state index < -0.39 is 11.4 Å². The van der Waals surface area contributed by atoms with E-state index in [1.165, 1.54) is 0 Å². The first-order valence-corrected chi connectivity index (χ1v) is 6.33. The van der Waals surface area contributed by atoms with Crippen molar-refractivity contribution in [1.29, 1.82) is 0 Å². The summed E-state index contributed by atoms with van der Waals surface area (Å²) in [7, 11) is 3.87. The lowest BCUT2D eigenvalue weighted by atomic mass is 9.80. The molecule has 106 valence electrons. The number of nitrogens with zero attached hydrogens (tertiary/aromatic N) is 1. The number of aliphatic carboxylic acids is 1. The highest BCUT2D eigenvalue weighted by Crippen LogP contribution is 2.33. The summed E-state index contributed by atoms with van der Waals surface area (Å²) in [6.07, 6.45) is 0.0681. The van der Waals surface area contributed by atoms with Crippen LogP contribution in [-0.2, 0) is 16.8 Å². The maximum absolute atomic E-state index is 10.9. The molecule has 0 heterocycles. The van der Waals surface area contributed by atoms with Crippen molar-refractivity contribution in [2.45, 2.75) is 39.2 Å². The van der Waals surface area contributed by atoms with Crippen LogP contribution in [0.5, 0.6) is 5.75 Å². The van der Waals surface area contributed by atoms with Gasteiger partial charge >= 0.3 is 5.97 Å². The van der Waals surface area contributed by atoms with Crippen molar-refractivity contribution in [2.75, 3.05) is 14.1 Å². The Kier molecular flexibility index (Phi) is 4.58. The molecule has 0 saturated heterocycles. The van der Waals surface area contributed by atoms with Crippen LogP contribution in [0.4, 0.5) is 0 Å². The van der Waals surface area contributed by atoms with Crippen LogP contribution in [0.3, 0.4) is 0 Å². The number of rotatable bonds is 5. The van der Waals surface area contributed by atoms with E-state index in [-0.39, 0.29) is 6.42 Å². The monoisotopic (exact) mass is 265 g/mol. The molecule has 19 heavy (non-hydrogen) atoms. The van der Waals surface area contributed by atoms with E-state index in [0.717, 1.165) is 16.7 Å². The van der Waals surface area contributed by atoms with E-state index in [1.807, 2.05) is 51.9 Å². The third-order valence-electron chi connectivity index (χ3n) is 3.24. The summed E-state index contributed by atoms with van der Waals surface area (Å²) in [4.78, 5) is 12.9. The van der Waals surface area contributed by atoms with Crippen molar-refractivity contribution in [3.05, 3.63) is 28.8 Å². The van der Waals surface area contributed by atoms with Crippen LogP contribution in [0.1, 0.15) is 37.0 Å². The van der Waals surface area contributed by atoms with E-state index in [4.69, 9.17) is 5.11 Å². The van der Waals surface area contributed by atoms with Gasteiger partial charge in [-0.1, -0.05) is 26.0 Å². The van der Waals surface area contributed by atoms with E-state index in [9.17, 15) is 9.90 Å². The molecule has 0 aliphatic heterocycles. The molecule has 1 aromatic carbocycles. The molecule has 0 atom stereocenters. The minimum atomic E-state index is -0.815. The second-order valence-electron chi connectivity index (χ2n) is 5.99. The smallest absolute Gasteiger partial charge is 0.304 e. The molecule has 0 aliphatic carbocycles. The average Bonchev–Trinajstić information content (AvgIpc) is 2.21. The Morgan fingerprint density at radius 1 is 1.32 bits per heavy atom. The number of hydrogen-bond acceptors (Lipinski definition) is 3.